The molecule has 1 aromatic carbocycles. The summed E-state index contributed by atoms with van der Waals surface area (Å²) in [7, 11) is -2.57. The maximum atomic E-state index is 11.5. The smallest absolute Gasteiger partial charge is 0.340 e. The van der Waals surface area contributed by atoms with Crippen LogP contribution >= 0.6 is 0 Å². The van der Waals surface area contributed by atoms with Crippen LogP contribution in [0.2, 0.25) is 0 Å². The average Bonchev–Trinajstić information content (AvgIpc) is 2.34. The molecule has 9 heteroatoms. The second-order valence-corrected chi connectivity index (χ2v) is 4.53. The minimum absolute atomic E-state index is 0. The maximum Gasteiger partial charge on any atom is 0.340 e. The summed E-state index contributed by atoms with van der Waals surface area (Å²) in [5, 5.41) is 0. The Hall–Kier alpha value is -1.31. The summed E-state index contributed by atoms with van der Waals surface area (Å²) in [6.07, 6.45) is 0. The molecule has 100 valence electrons. The number of ether oxygens (including phenoxy) is 2. The van der Waals surface area contributed by atoms with Crippen LogP contribution in [0.15, 0.2) is 23.1 Å². The monoisotopic (exact) mass is 338 g/mol. The first kappa shape index (κ1) is 17.7. The number of hydrogen-bond acceptors (Lipinski definition) is 6. The minimum Gasteiger partial charge on any atom is -0.465 e. The van der Waals surface area contributed by atoms with E-state index in [2.05, 4.69) is 9.47 Å². The first-order valence-corrected chi connectivity index (χ1v) is 6.04. The molecule has 0 aliphatic rings. The number of esters is 2. The third kappa shape index (κ3) is 3.83. The van der Waals surface area contributed by atoms with Crippen molar-refractivity contribution < 1.29 is 51.5 Å². The van der Waals surface area contributed by atoms with Gasteiger partial charge in [0.15, 0.2) is 0 Å². The van der Waals surface area contributed by atoms with Gasteiger partial charge in [-0.15, -0.1) is 0 Å². The molecule has 7 nitrogen and oxygen atoms in total. The quantitative estimate of drug-likeness (QED) is 0.485. The molecule has 0 aliphatic heterocycles. The molecule has 0 saturated heterocycles. The van der Waals surface area contributed by atoms with E-state index in [1.165, 1.54) is 12.1 Å². The molecule has 0 aliphatic carbocycles. The Bertz CT molecular complexity index is 594. The Morgan fingerprint density at radius 2 is 1.63 bits per heavy atom. The van der Waals surface area contributed by atoms with Gasteiger partial charge in [-0.25, -0.2) is 9.59 Å². The van der Waals surface area contributed by atoms with Gasteiger partial charge in [-0.3, -0.25) is 4.55 Å². The SMILES string of the molecule is COC(=O)c1cccc(S(=O)(=O)O)c1C(=O)OC.[Zn]. The van der Waals surface area contributed by atoms with Crippen LogP contribution in [0.1, 0.15) is 20.7 Å². The Morgan fingerprint density at radius 1 is 1.11 bits per heavy atom. The molecule has 0 radical (unpaired) electrons. The first-order valence-electron chi connectivity index (χ1n) is 4.60. The molecule has 1 rings (SSSR count). The molecule has 0 aromatic heterocycles. The number of rotatable bonds is 3. The number of carbonyl (C=O) groups is 2. The average molecular weight is 340 g/mol. The van der Waals surface area contributed by atoms with Crippen LogP contribution in [0.4, 0.5) is 0 Å². The molecule has 0 heterocycles. The van der Waals surface area contributed by atoms with Crippen LogP contribution in [0.25, 0.3) is 0 Å². The van der Waals surface area contributed by atoms with Crippen molar-refractivity contribution in [2.24, 2.45) is 0 Å². The molecule has 0 bridgehead atoms. The van der Waals surface area contributed by atoms with Gasteiger partial charge in [0, 0.05) is 19.5 Å². The van der Waals surface area contributed by atoms with E-state index in [-0.39, 0.29) is 25.0 Å². The summed E-state index contributed by atoms with van der Waals surface area (Å²) in [6.45, 7) is 0. The Morgan fingerprint density at radius 3 is 2.05 bits per heavy atom. The van der Waals surface area contributed by atoms with Crippen molar-refractivity contribution in [2.45, 2.75) is 4.90 Å². The van der Waals surface area contributed by atoms with Gasteiger partial charge in [-0.05, 0) is 12.1 Å². The molecule has 0 spiro atoms. The molecule has 1 N–H and O–H groups in total. The normalized spacial score (nSPS) is 10.3. The topological polar surface area (TPSA) is 107 Å². The fourth-order valence-corrected chi connectivity index (χ4v) is 2.04. The van der Waals surface area contributed by atoms with E-state index in [1.807, 2.05) is 0 Å². The van der Waals surface area contributed by atoms with E-state index in [0.29, 0.717) is 0 Å². The standard InChI is InChI=1S/C10H10O7S.Zn/c1-16-9(11)6-4-3-5-7(18(13,14)15)8(6)10(12)17-2;/h3-5H,1-2H3,(H,13,14,15);. The minimum atomic E-state index is -4.66. The van der Waals surface area contributed by atoms with Gasteiger partial charge in [0.2, 0.25) is 0 Å². The van der Waals surface area contributed by atoms with Gasteiger partial charge in [-0.2, -0.15) is 8.42 Å². The van der Waals surface area contributed by atoms with Crippen molar-refractivity contribution in [1.82, 2.24) is 0 Å². The van der Waals surface area contributed by atoms with Crippen LogP contribution in [0.3, 0.4) is 0 Å². The Kier molecular flexibility index (Phi) is 6.28. The first-order chi connectivity index (χ1) is 8.32. The van der Waals surface area contributed by atoms with Gasteiger partial charge in [0.1, 0.15) is 4.90 Å². The third-order valence-corrected chi connectivity index (χ3v) is 2.99. The number of methoxy groups -OCH3 is 2. The van der Waals surface area contributed by atoms with Gasteiger partial charge in [0.25, 0.3) is 10.1 Å². The van der Waals surface area contributed by atoms with E-state index < -0.39 is 32.5 Å². The number of hydrogen-bond donors (Lipinski definition) is 1. The van der Waals surface area contributed by atoms with Crippen molar-refractivity contribution in [3.63, 3.8) is 0 Å². The van der Waals surface area contributed by atoms with Gasteiger partial charge >= 0.3 is 11.9 Å². The number of benzene rings is 1. The molecule has 0 saturated carbocycles. The Balaban J connectivity index is 0.00000324. The second-order valence-electron chi connectivity index (χ2n) is 3.14. The molecule has 0 unspecified atom stereocenters. The van der Waals surface area contributed by atoms with Crippen LogP contribution in [-0.2, 0) is 39.1 Å². The summed E-state index contributed by atoms with van der Waals surface area (Å²) < 4.78 is 40.1. The summed E-state index contributed by atoms with van der Waals surface area (Å²) in [5.74, 6) is -1.98. The fraction of sp³-hybridized carbons (Fsp3) is 0.200. The van der Waals surface area contributed by atoms with E-state index in [9.17, 15) is 18.0 Å². The van der Waals surface area contributed by atoms with Crippen molar-refractivity contribution in [1.29, 1.82) is 0 Å². The summed E-state index contributed by atoms with van der Waals surface area (Å²) in [5.41, 5.74) is -0.867. The maximum absolute atomic E-state index is 11.5. The fourth-order valence-electron chi connectivity index (χ4n) is 1.34. The van der Waals surface area contributed by atoms with E-state index in [0.717, 1.165) is 20.3 Å². The second kappa shape index (κ2) is 6.74. The van der Waals surface area contributed by atoms with Gasteiger partial charge in [0.05, 0.1) is 25.3 Å². The van der Waals surface area contributed by atoms with Gasteiger partial charge in [-0.1, -0.05) is 6.07 Å². The van der Waals surface area contributed by atoms with Gasteiger partial charge < -0.3 is 9.47 Å². The van der Waals surface area contributed by atoms with Crippen molar-refractivity contribution >= 4 is 22.1 Å². The van der Waals surface area contributed by atoms with E-state index in [1.54, 1.807) is 0 Å². The van der Waals surface area contributed by atoms with Crippen LogP contribution in [0.5, 0.6) is 0 Å². The predicted octanol–water partition coefficient (Wildman–Crippen LogP) is 0.504. The number of carbonyl (C=O) groups excluding carboxylic acids is 2. The zero-order chi connectivity index (χ0) is 13.9. The molecular formula is C10H10O7SZn. The molecule has 0 atom stereocenters. The molecule has 0 amide bonds. The van der Waals surface area contributed by atoms with Crippen molar-refractivity contribution in [3.8, 4) is 0 Å². The molecular weight excluding hydrogens is 330 g/mol. The zero-order valence-electron chi connectivity index (χ0n) is 10.2. The van der Waals surface area contributed by atoms with Crippen LogP contribution in [-0.4, -0.2) is 39.1 Å². The van der Waals surface area contributed by atoms with E-state index in [4.69, 9.17) is 4.55 Å². The van der Waals surface area contributed by atoms with E-state index >= 15 is 0 Å². The largest absolute Gasteiger partial charge is 0.465 e. The molecule has 19 heavy (non-hydrogen) atoms. The predicted molar refractivity (Wildman–Crippen MR) is 58.9 cm³/mol. The van der Waals surface area contributed by atoms with Crippen molar-refractivity contribution in [3.05, 3.63) is 29.3 Å². The molecule has 1 aromatic rings. The summed E-state index contributed by atoms with van der Waals surface area (Å²) in [6, 6.07) is 3.36. The summed E-state index contributed by atoms with van der Waals surface area (Å²) >= 11 is 0. The Labute approximate surface area is 122 Å². The van der Waals surface area contributed by atoms with Crippen molar-refractivity contribution in [2.75, 3.05) is 14.2 Å². The summed E-state index contributed by atoms with van der Waals surface area (Å²) in [4.78, 5) is 22.2. The third-order valence-electron chi connectivity index (χ3n) is 2.10. The van der Waals surface area contributed by atoms with Crippen LogP contribution < -0.4 is 0 Å². The molecule has 0 fully saturated rings. The van der Waals surface area contributed by atoms with Crippen LogP contribution in [0, 0.1) is 0 Å². The zero-order valence-corrected chi connectivity index (χ0v) is 14.0.